The molecule has 0 spiro atoms. The van der Waals surface area contributed by atoms with E-state index in [1.54, 1.807) is 0 Å². The van der Waals surface area contributed by atoms with Gasteiger partial charge in [0, 0.05) is 30.1 Å². The van der Waals surface area contributed by atoms with Gasteiger partial charge in [-0.15, -0.1) is 0 Å². The smallest absolute Gasteiger partial charge is 0.106 e. The Kier molecular flexibility index (Phi) is 11.3. The summed E-state index contributed by atoms with van der Waals surface area (Å²) < 4.78 is 0. The highest BCUT2D eigenvalue weighted by molar-refractivity contribution is 5.84. The van der Waals surface area contributed by atoms with Crippen molar-refractivity contribution in [2.45, 2.75) is 58.4 Å². The number of carbonyl (C=O) groups excluding carboxylic acids is 1. The summed E-state index contributed by atoms with van der Waals surface area (Å²) >= 11 is 0. The van der Waals surface area contributed by atoms with Crippen molar-refractivity contribution in [2.24, 2.45) is 4.99 Å². The number of fused-ring (bicyclic) bond motifs is 2. The number of rotatable bonds is 3. The predicted octanol–water partition coefficient (Wildman–Crippen LogP) is 9.29. The van der Waals surface area contributed by atoms with Gasteiger partial charge in [-0.2, -0.15) is 0 Å². The fraction of sp³-hybridized carbons (Fsp3) is 0.263. The van der Waals surface area contributed by atoms with Crippen molar-refractivity contribution in [3.05, 3.63) is 148 Å². The van der Waals surface area contributed by atoms with Crippen LogP contribution in [0.4, 0.5) is 5.69 Å². The molecular weight excluding hydrogens is 500 g/mol. The van der Waals surface area contributed by atoms with Crippen molar-refractivity contribution in [1.29, 1.82) is 0 Å². The number of anilines is 1. The number of para-hydroxylation sites is 1. The fourth-order valence-electron chi connectivity index (χ4n) is 5.50. The third kappa shape index (κ3) is 8.38. The lowest BCUT2D eigenvalue weighted by Crippen LogP contribution is -2.24. The second kappa shape index (κ2) is 15.5. The highest BCUT2D eigenvalue weighted by Gasteiger charge is 2.18. The topological polar surface area (TPSA) is 32.7 Å². The minimum absolute atomic E-state index is 0.355. The van der Waals surface area contributed by atoms with E-state index in [0.29, 0.717) is 5.92 Å². The highest BCUT2D eigenvalue weighted by atomic mass is 16.1. The second-order valence-corrected chi connectivity index (χ2v) is 10.7. The highest BCUT2D eigenvalue weighted by Crippen LogP contribution is 2.34. The summed E-state index contributed by atoms with van der Waals surface area (Å²) in [6.45, 7) is 8.19. The normalized spacial score (nSPS) is 21.2. The van der Waals surface area contributed by atoms with Crippen LogP contribution in [0, 0.1) is 6.92 Å². The zero-order chi connectivity index (χ0) is 28.9. The minimum Gasteiger partial charge on any atom is -0.341 e. The second-order valence-electron chi connectivity index (χ2n) is 10.7. The molecule has 0 fully saturated rings. The third-order valence-electron chi connectivity index (χ3n) is 7.62. The zero-order valence-corrected chi connectivity index (χ0v) is 24.5. The molecule has 0 amide bonds. The van der Waals surface area contributed by atoms with Crippen LogP contribution in [-0.4, -0.2) is 19.5 Å². The molecule has 2 aliphatic carbocycles. The van der Waals surface area contributed by atoms with Crippen LogP contribution in [-0.2, 0) is 11.3 Å². The van der Waals surface area contributed by atoms with Gasteiger partial charge in [0.25, 0.3) is 0 Å². The van der Waals surface area contributed by atoms with Gasteiger partial charge in [0.2, 0.25) is 0 Å². The number of hydrogen-bond acceptors (Lipinski definition) is 3. The maximum atomic E-state index is 8.00. The first-order valence-electron chi connectivity index (χ1n) is 14.7. The largest absolute Gasteiger partial charge is 0.341 e. The van der Waals surface area contributed by atoms with Crippen LogP contribution in [0.15, 0.2) is 131 Å². The summed E-state index contributed by atoms with van der Waals surface area (Å²) in [5.74, 6) is 0.355. The molecule has 3 nitrogen and oxygen atoms in total. The maximum Gasteiger partial charge on any atom is 0.106 e. The third-order valence-corrected chi connectivity index (χ3v) is 7.62. The molecule has 1 atom stereocenters. The molecule has 4 aliphatic rings. The molecule has 0 bridgehead atoms. The van der Waals surface area contributed by atoms with Gasteiger partial charge < -0.3 is 9.69 Å². The maximum absolute atomic E-state index is 8.00. The van der Waals surface area contributed by atoms with Gasteiger partial charge in [-0.05, 0) is 79.0 Å². The van der Waals surface area contributed by atoms with E-state index < -0.39 is 0 Å². The number of hydrogen-bond donors (Lipinski definition) is 0. The average Bonchev–Trinajstić information content (AvgIpc) is 3.34. The predicted molar refractivity (Wildman–Crippen MR) is 176 cm³/mol. The quantitative estimate of drug-likeness (QED) is 0.387. The number of nitrogens with zero attached hydrogens (tertiary/aromatic N) is 2. The number of aryl methyl sites for hydroxylation is 1. The van der Waals surface area contributed by atoms with Gasteiger partial charge in [-0.25, -0.2) is 0 Å². The molecule has 3 heteroatoms. The Morgan fingerprint density at radius 2 is 1.78 bits per heavy atom. The van der Waals surface area contributed by atoms with Crippen molar-refractivity contribution >= 4 is 18.7 Å². The average molecular weight is 543 g/mol. The minimum atomic E-state index is 0.355. The lowest BCUT2D eigenvalue weighted by Gasteiger charge is -2.29. The molecule has 0 saturated carbocycles. The molecule has 0 saturated heterocycles. The Balaban J connectivity index is 0.000000268. The van der Waals surface area contributed by atoms with Crippen molar-refractivity contribution in [2.75, 3.05) is 11.4 Å². The van der Waals surface area contributed by atoms with Crippen molar-refractivity contribution in [3.63, 3.8) is 0 Å². The Morgan fingerprint density at radius 1 is 0.951 bits per heavy atom. The van der Waals surface area contributed by atoms with E-state index in [4.69, 9.17) is 4.79 Å². The van der Waals surface area contributed by atoms with Crippen LogP contribution in [0.1, 0.15) is 67.2 Å². The molecule has 2 aliphatic heterocycles. The molecule has 0 radical (unpaired) electrons. The fourth-order valence-corrected chi connectivity index (χ4v) is 5.50. The Hall–Kier alpha value is -4.24. The van der Waals surface area contributed by atoms with Gasteiger partial charge in [0.05, 0.1) is 6.54 Å². The summed E-state index contributed by atoms with van der Waals surface area (Å²) in [5, 5.41) is 0. The van der Waals surface area contributed by atoms with Crippen molar-refractivity contribution in [3.8, 4) is 0 Å². The van der Waals surface area contributed by atoms with Crippen LogP contribution in [0.5, 0.6) is 0 Å². The van der Waals surface area contributed by atoms with E-state index in [-0.39, 0.29) is 0 Å². The molecule has 1 unspecified atom stereocenters. The summed E-state index contributed by atoms with van der Waals surface area (Å²) in [6.07, 6.45) is 32.9. The van der Waals surface area contributed by atoms with Crippen LogP contribution < -0.4 is 4.90 Å². The van der Waals surface area contributed by atoms with E-state index in [1.165, 1.54) is 57.6 Å². The van der Waals surface area contributed by atoms with E-state index >= 15 is 0 Å². The first kappa shape index (κ1) is 29.7. The summed E-state index contributed by atoms with van der Waals surface area (Å²) in [7, 11) is 0. The van der Waals surface area contributed by atoms with Gasteiger partial charge in [0.1, 0.15) is 6.79 Å². The van der Waals surface area contributed by atoms with E-state index in [0.717, 1.165) is 32.4 Å². The first-order valence-corrected chi connectivity index (χ1v) is 14.7. The lowest BCUT2D eigenvalue weighted by atomic mass is 9.95. The lowest BCUT2D eigenvalue weighted by molar-refractivity contribution is -0.0979. The van der Waals surface area contributed by atoms with Crippen LogP contribution >= 0.6 is 0 Å². The van der Waals surface area contributed by atoms with Crippen molar-refractivity contribution < 1.29 is 4.79 Å². The first-order chi connectivity index (χ1) is 20.2. The molecule has 0 N–H and O–H groups in total. The summed E-state index contributed by atoms with van der Waals surface area (Å²) in [5.41, 5.74) is 10.7. The van der Waals surface area contributed by atoms with Crippen LogP contribution in [0.2, 0.25) is 0 Å². The summed E-state index contributed by atoms with van der Waals surface area (Å²) in [6, 6.07) is 15.3. The van der Waals surface area contributed by atoms with Gasteiger partial charge in [-0.1, -0.05) is 110 Å². The van der Waals surface area contributed by atoms with Crippen LogP contribution in [0.3, 0.4) is 0 Å². The van der Waals surface area contributed by atoms with E-state index in [2.05, 4.69) is 133 Å². The van der Waals surface area contributed by atoms with Crippen LogP contribution in [0.25, 0.3) is 0 Å². The van der Waals surface area contributed by atoms with Gasteiger partial charge in [0.15, 0.2) is 0 Å². The van der Waals surface area contributed by atoms with Crippen molar-refractivity contribution in [1.82, 2.24) is 0 Å². The number of carbonyl (C=O) groups is 1. The van der Waals surface area contributed by atoms with Gasteiger partial charge >= 0.3 is 0 Å². The molecule has 6 rings (SSSR count). The monoisotopic (exact) mass is 542 g/mol. The Morgan fingerprint density at radius 3 is 2.63 bits per heavy atom. The molecule has 210 valence electrons. The zero-order valence-electron chi connectivity index (χ0n) is 24.5. The molecule has 2 aromatic carbocycles. The SMILES string of the molecule is C=O.CC1/C=C(/C=C\C2=CCCC=C2)\C=C/CN(C2=CC=CCCC2)c2ccccc21.Cc1ccc2c(c1)CN=C2. The Bertz CT molecular complexity index is 1430. The molecule has 2 heterocycles. The molecule has 2 aromatic rings. The van der Waals surface area contributed by atoms with Gasteiger partial charge in [-0.3, -0.25) is 4.99 Å². The standard InChI is InChI=1S/C28H31N.C9H9N.CH2O/c1-23-22-25(20-19-24-12-5-4-6-13-24)14-11-21-29(26-15-7-2-3-8-16-26)28-18-10-9-17-27(23)28;1-7-2-3-8-5-10-6-9(8)4-7;1-2/h2,5,7,9-15,17-20,22-23H,3-4,6,8,16,21H2,1H3;2-5H,6H2,1H3;1H2/b14-11-,20-19-,25-22+;;. The Labute approximate surface area is 246 Å². The van der Waals surface area contributed by atoms with E-state index in [9.17, 15) is 0 Å². The number of aliphatic imine (C=N–C) groups is 1. The number of allylic oxidation sites excluding steroid dienone is 13. The molecular formula is C38H42N2O. The van der Waals surface area contributed by atoms with E-state index in [1.807, 2.05) is 13.0 Å². The molecule has 41 heavy (non-hydrogen) atoms. The number of benzene rings is 2. The summed E-state index contributed by atoms with van der Waals surface area (Å²) in [4.78, 5) is 14.7. The molecule has 0 aromatic heterocycles.